The second-order valence-corrected chi connectivity index (χ2v) is 6.46. The summed E-state index contributed by atoms with van der Waals surface area (Å²) in [6.45, 7) is 0.807. The van der Waals surface area contributed by atoms with Crippen molar-refractivity contribution in [3.05, 3.63) is 51.7 Å². The Labute approximate surface area is 141 Å². The van der Waals surface area contributed by atoms with Crippen molar-refractivity contribution in [2.75, 3.05) is 12.4 Å². The van der Waals surface area contributed by atoms with Crippen LogP contribution < -0.4 is 10.6 Å². The van der Waals surface area contributed by atoms with Gasteiger partial charge in [0.15, 0.2) is 0 Å². The maximum atomic E-state index is 12.6. The summed E-state index contributed by atoms with van der Waals surface area (Å²) in [5.41, 5.74) is 3.29. The molecule has 0 radical (unpaired) electrons. The first-order valence-corrected chi connectivity index (χ1v) is 8.26. The van der Waals surface area contributed by atoms with E-state index in [0.717, 1.165) is 31.5 Å². The van der Waals surface area contributed by atoms with E-state index < -0.39 is 0 Å². The summed E-state index contributed by atoms with van der Waals surface area (Å²) in [4.78, 5) is 14.0. The quantitative estimate of drug-likeness (QED) is 0.887. The summed E-state index contributed by atoms with van der Waals surface area (Å²) in [6.07, 6.45) is 3.17. The Morgan fingerprint density at radius 3 is 3.05 bits per heavy atom. The minimum Gasteiger partial charge on any atom is -0.326 e. The standard InChI is InChI=1S/C17H20N2OS.ClH/c1-18-11-12-4-2-5-13(10-12)19-17(20)15-6-3-7-16-14(15)8-9-21-16;/h2,4-5,8-10,15,18H,3,6-7,11H2,1H3,(H,19,20);1H. The predicted molar refractivity (Wildman–Crippen MR) is 95.1 cm³/mol. The van der Waals surface area contributed by atoms with E-state index in [1.165, 1.54) is 16.0 Å². The monoisotopic (exact) mass is 336 g/mol. The van der Waals surface area contributed by atoms with Crippen LogP contribution in [0.2, 0.25) is 0 Å². The third kappa shape index (κ3) is 3.69. The van der Waals surface area contributed by atoms with Gasteiger partial charge in [-0.15, -0.1) is 23.7 Å². The zero-order valence-electron chi connectivity index (χ0n) is 12.6. The Morgan fingerprint density at radius 2 is 2.23 bits per heavy atom. The largest absolute Gasteiger partial charge is 0.326 e. The van der Waals surface area contributed by atoms with Crippen LogP contribution in [-0.4, -0.2) is 13.0 Å². The van der Waals surface area contributed by atoms with Crippen molar-refractivity contribution in [1.82, 2.24) is 5.32 Å². The number of rotatable bonds is 4. The van der Waals surface area contributed by atoms with E-state index in [1.54, 1.807) is 11.3 Å². The molecule has 0 saturated heterocycles. The van der Waals surface area contributed by atoms with Gasteiger partial charge in [0.2, 0.25) is 5.91 Å². The third-order valence-corrected chi connectivity index (χ3v) is 4.94. The van der Waals surface area contributed by atoms with E-state index in [4.69, 9.17) is 0 Å². The molecule has 0 fully saturated rings. The highest BCUT2D eigenvalue weighted by Crippen LogP contribution is 2.35. The van der Waals surface area contributed by atoms with Crippen molar-refractivity contribution in [2.45, 2.75) is 31.7 Å². The van der Waals surface area contributed by atoms with Gasteiger partial charge in [0.1, 0.15) is 0 Å². The van der Waals surface area contributed by atoms with Crippen LogP contribution in [0.15, 0.2) is 35.7 Å². The van der Waals surface area contributed by atoms with Crippen molar-refractivity contribution < 1.29 is 4.79 Å². The molecule has 1 aromatic carbocycles. The number of halogens is 1. The fourth-order valence-electron chi connectivity index (χ4n) is 2.95. The van der Waals surface area contributed by atoms with Crippen LogP contribution in [0.25, 0.3) is 0 Å². The Kier molecular flexibility index (Phi) is 6.00. The third-order valence-electron chi connectivity index (χ3n) is 3.94. The first-order valence-electron chi connectivity index (χ1n) is 7.38. The molecule has 0 bridgehead atoms. The number of thiophene rings is 1. The summed E-state index contributed by atoms with van der Waals surface area (Å²) in [6, 6.07) is 10.1. The van der Waals surface area contributed by atoms with Gasteiger partial charge in [0.25, 0.3) is 0 Å². The zero-order valence-corrected chi connectivity index (χ0v) is 14.2. The van der Waals surface area contributed by atoms with Crippen LogP contribution in [-0.2, 0) is 17.8 Å². The maximum Gasteiger partial charge on any atom is 0.231 e. The maximum absolute atomic E-state index is 12.6. The van der Waals surface area contributed by atoms with E-state index >= 15 is 0 Å². The Hall–Kier alpha value is -1.36. The van der Waals surface area contributed by atoms with Crippen molar-refractivity contribution in [1.29, 1.82) is 0 Å². The number of benzene rings is 1. The second kappa shape index (κ2) is 7.77. The van der Waals surface area contributed by atoms with Gasteiger partial charge in [-0.2, -0.15) is 0 Å². The Balaban J connectivity index is 0.00000176. The van der Waals surface area contributed by atoms with Crippen molar-refractivity contribution >= 4 is 35.3 Å². The molecule has 0 spiro atoms. The minimum absolute atomic E-state index is 0. The fraction of sp³-hybridized carbons (Fsp3) is 0.353. The fourth-order valence-corrected chi connectivity index (χ4v) is 3.94. The summed E-state index contributed by atoms with van der Waals surface area (Å²) in [7, 11) is 1.92. The van der Waals surface area contributed by atoms with Crippen molar-refractivity contribution in [3.8, 4) is 0 Å². The highest BCUT2D eigenvalue weighted by atomic mass is 35.5. The van der Waals surface area contributed by atoms with Crippen LogP contribution >= 0.6 is 23.7 Å². The van der Waals surface area contributed by atoms with Gasteiger partial charge < -0.3 is 10.6 Å². The average molecular weight is 337 g/mol. The number of hydrogen-bond donors (Lipinski definition) is 2. The lowest BCUT2D eigenvalue weighted by molar-refractivity contribution is -0.117. The molecule has 2 aromatic rings. The topological polar surface area (TPSA) is 41.1 Å². The number of anilines is 1. The lowest BCUT2D eigenvalue weighted by Crippen LogP contribution is -2.23. The SMILES string of the molecule is CNCc1cccc(NC(=O)C2CCCc3sccc32)c1.Cl. The molecule has 0 aliphatic heterocycles. The molecule has 1 aliphatic carbocycles. The minimum atomic E-state index is 0. The lowest BCUT2D eigenvalue weighted by Gasteiger charge is -2.22. The second-order valence-electron chi connectivity index (χ2n) is 5.46. The number of aryl methyl sites for hydroxylation is 1. The van der Waals surface area contributed by atoms with Crippen LogP contribution in [0.5, 0.6) is 0 Å². The lowest BCUT2D eigenvalue weighted by atomic mass is 9.87. The molecule has 1 aromatic heterocycles. The molecule has 3 nitrogen and oxygen atoms in total. The highest BCUT2D eigenvalue weighted by molar-refractivity contribution is 7.10. The first kappa shape index (κ1) is 17.0. The van der Waals surface area contributed by atoms with E-state index in [0.29, 0.717) is 0 Å². The number of fused-ring (bicyclic) bond motifs is 1. The van der Waals surface area contributed by atoms with Gasteiger partial charge in [-0.1, -0.05) is 12.1 Å². The molecule has 118 valence electrons. The summed E-state index contributed by atoms with van der Waals surface area (Å²) < 4.78 is 0. The number of carbonyl (C=O) groups excluding carboxylic acids is 1. The van der Waals surface area contributed by atoms with Crippen LogP contribution in [0.1, 0.15) is 34.8 Å². The van der Waals surface area contributed by atoms with Crippen molar-refractivity contribution in [3.63, 3.8) is 0 Å². The molecule has 0 saturated carbocycles. The molecule has 1 atom stereocenters. The van der Waals surface area contributed by atoms with Crippen LogP contribution in [0, 0.1) is 0 Å². The normalized spacial score (nSPS) is 16.5. The zero-order chi connectivity index (χ0) is 14.7. The number of hydrogen-bond acceptors (Lipinski definition) is 3. The van der Waals surface area contributed by atoms with Crippen LogP contribution in [0.3, 0.4) is 0 Å². The molecule has 1 amide bonds. The van der Waals surface area contributed by atoms with E-state index in [-0.39, 0.29) is 24.2 Å². The summed E-state index contributed by atoms with van der Waals surface area (Å²) in [5, 5.41) is 8.31. The highest BCUT2D eigenvalue weighted by Gasteiger charge is 2.27. The van der Waals surface area contributed by atoms with Crippen LogP contribution in [0.4, 0.5) is 5.69 Å². The predicted octanol–water partition coefficient (Wildman–Crippen LogP) is 3.95. The average Bonchev–Trinajstić information content (AvgIpc) is 2.96. The molecule has 2 N–H and O–H groups in total. The van der Waals surface area contributed by atoms with E-state index in [2.05, 4.69) is 28.1 Å². The van der Waals surface area contributed by atoms with Gasteiger partial charge in [0.05, 0.1) is 5.92 Å². The smallest absolute Gasteiger partial charge is 0.231 e. The molecule has 1 aliphatic rings. The number of amides is 1. The van der Waals surface area contributed by atoms with Crippen molar-refractivity contribution in [2.24, 2.45) is 0 Å². The molecule has 5 heteroatoms. The first-order chi connectivity index (χ1) is 10.3. The molecule has 1 heterocycles. The van der Waals surface area contributed by atoms with Gasteiger partial charge in [-0.3, -0.25) is 4.79 Å². The van der Waals surface area contributed by atoms with Gasteiger partial charge in [-0.25, -0.2) is 0 Å². The number of carbonyl (C=O) groups is 1. The van der Waals surface area contributed by atoms with Gasteiger partial charge in [0, 0.05) is 17.1 Å². The van der Waals surface area contributed by atoms with Gasteiger partial charge >= 0.3 is 0 Å². The molecular formula is C17H21ClN2OS. The molecular weight excluding hydrogens is 316 g/mol. The van der Waals surface area contributed by atoms with E-state index in [1.807, 2.05) is 25.2 Å². The molecule has 3 rings (SSSR count). The van der Waals surface area contributed by atoms with E-state index in [9.17, 15) is 4.79 Å². The van der Waals surface area contributed by atoms with Gasteiger partial charge in [-0.05, 0) is 61.0 Å². The Morgan fingerprint density at radius 1 is 1.36 bits per heavy atom. The molecule has 1 unspecified atom stereocenters. The number of nitrogens with one attached hydrogen (secondary N) is 2. The Bertz CT molecular complexity index is 641. The summed E-state index contributed by atoms with van der Waals surface area (Å²) >= 11 is 1.77. The molecule has 22 heavy (non-hydrogen) atoms. The summed E-state index contributed by atoms with van der Waals surface area (Å²) in [5.74, 6) is 0.129.